The Hall–Kier alpha value is -0.800. The van der Waals surface area contributed by atoms with Gasteiger partial charge in [-0.25, -0.2) is 0 Å². The molecule has 1 fully saturated rings. The summed E-state index contributed by atoms with van der Waals surface area (Å²) in [6.45, 7) is 5.71. The van der Waals surface area contributed by atoms with Gasteiger partial charge in [-0.1, -0.05) is 0 Å². The highest BCUT2D eigenvalue weighted by Gasteiger charge is 2.29. The minimum Gasteiger partial charge on any atom is -0.469 e. The molecule has 2 aliphatic rings. The van der Waals surface area contributed by atoms with E-state index in [4.69, 9.17) is 4.42 Å². The maximum atomic E-state index is 5.56. The highest BCUT2D eigenvalue weighted by atomic mass is 16.3. The molecule has 1 aromatic rings. The lowest BCUT2D eigenvalue weighted by molar-refractivity contribution is 0.133. The molecule has 1 aliphatic carbocycles. The molecular formula is C13H20N2O. The molecular weight excluding hydrogens is 200 g/mol. The smallest absolute Gasteiger partial charge is 0.108 e. The van der Waals surface area contributed by atoms with E-state index in [1.807, 2.05) is 6.26 Å². The number of rotatable bonds is 1. The van der Waals surface area contributed by atoms with Crippen molar-refractivity contribution in [1.82, 2.24) is 10.2 Å². The van der Waals surface area contributed by atoms with E-state index in [2.05, 4.69) is 23.2 Å². The van der Waals surface area contributed by atoms with Gasteiger partial charge in [-0.2, -0.15) is 0 Å². The van der Waals surface area contributed by atoms with Crippen LogP contribution in [0.3, 0.4) is 0 Å². The van der Waals surface area contributed by atoms with E-state index in [1.54, 1.807) is 0 Å². The molecule has 0 aromatic carbocycles. The zero-order valence-corrected chi connectivity index (χ0v) is 9.91. The SMILES string of the molecule is CC1CN(C2CCCc3occc32)CCN1. The van der Waals surface area contributed by atoms with Crippen molar-refractivity contribution in [3.8, 4) is 0 Å². The summed E-state index contributed by atoms with van der Waals surface area (Å²) in [5.74, 6) is 1.22. The predicted molar refractivity (Wildman–Crippen MR) is 63.4 cm³/mol. The zero-order valence-electron chi connectivity index (χ0n) is 9.91. The predicted octanol–water partition coefficient (Wildman–Crippen LogP) is 1.95. The van der Waals surface area contributed by atoms with Gasteiger partial charge in [0.1, 0.15) is 5.76 Å². The van der Waals surface area contributed by atoms with Crippen LogP contribution in [0.1, 0.15) is 37.1 Å². The van der Waals surface area contributed by atoms with Gasteiger partial charge in [-0.15, -0.1) is 0 Å². The number of hydrogen-bond acceptors (Lipinski definition) is 3. The third-order valence-corrected chi connectivity index (χ3v) is 3.86. The summed E-state index contributed by atoms with van der Waals surface area (Å²) in [7, 11) is 0. The summed E-state index contributed by atoms with van der Waals surface area (Å²) in [5, 5.41) is 3.50. The Labute approximate surface area is 96.8 Å². The van der Waals surface area contributed by atoms with Crippen LogP contribution in [0.4, 0.5) is 0 Å². The lowest BCUT2D eigenvalue weighted by Crippen LogP contribution is -2.50. The second-order valence-corrected chi connectivity index (χ2v) is 5.06. The molecule has 1 aliphatic heterocycles. The summed E-state index contributed by atoms with van der Waals surface area (Å²) >= 11 is 0. The van der Waals surface area contributed by atoms with Gasteiger partial charge in [-0.3, -0.25) is 4.90 Å². The molecule has 1 N–H and O–H groups in total. The van der Waals surface area contributed by atoms with Crippen molar-refractivity contribution in [3.05, 3.63) is 23.7 Å². The molecule has 16 heavy (non-hydrogen) atoms. The molecule has 3 heteroatoms. The first-order chi connectivity index (χ1) is 7.84. The molecule has 1 aromatic heterocycles. The Bertz CT molecular complexity index is 361. The molecule has 0 saturated carbocycles. The minimum absolute atomic E-state index is 0.604. The van der Waals surface area contributed by atoms with Crippen LogP contribution in [0.25, 0.3) is 0 Å². The number of piperazine rings is 1. The van der Waals surface area contributed by atoms with Crippen LogP contribution in [0.15, 0.2) is 16.7 Å². The summed E-state index contributed by atoms with van der Waals surface area (Å²) in [6, 6.07) is 3.39. The number of nitrogens with zero attached hydrogens (tertiary/aromatic N) is 1. The molecule has 0 amide bonds. The molecule has 2 heterocycles. The Morgan fingerprint density at radius 2 is 2.44 bits per heavy atom. The Morgan fingerprint density at radius 1 is 1.50 bits per heavy atom. The largest absolute Gasteiger partial charge is 0.469 e. The van der Waals surface area contributed by atoms with E-state index in [0.717, 1.165) is 19.5 Å². The maximum Gasteiger partial charge on any atom is 0.108 e. The van der Waals surface area contributed by atoms with Crippen LogP contribution in [-0.2, 0) is 6.42 Å². The Kier molecular flexibility index (Phi) is 2.74. The fourth-order valence-electron chi connectivity index (χ4n) is 3.09. The first-order valence-corrected chi connectivity index (χ1v) is 6.38. The molecule has 88 valence electrons. The minimum atomic E-state index is 0.604. The topological polar surface area (TPSA) is 28.4 Å². The highest BCUT2D eigenvalue weighted by Crippen LogP contribution is 2.35. The third kappa shape index (κ3) is 1.78. The summed E-state index contributed by atoms with van der Waals surface area (Å²) in [6.07, 6.45) is 5.54. The standard InChI is InChI=1S/C13H20N2O/c1-10-9-15(7-6-14-10)12-3-2-4-13-11(12)5-8-16-13/h5,8,10,12,14H,2-4,6-7,9H2,1H3. The first kappa shape index (κ1) is 10.4. The van der Waals surface area contributed by atoms with E-state index in [-0.39, 0.29) is 0 Å². The third-order valence-electron chi connectivity index (χ3n) is 3.86. The quantitative estimate of drug-likeness (QED) is 0.784. The van der Waals surface area contributed by atoms with Gasteiger partial charge in [0, 0.05) is 43.7 Å². The van der Waals surface area contributed by atoms with Gasteiger partial charge >= 0.3 is 0 Å². The summed E-state index contributed by atoms with van der Waals surface area (Å²) < 4.78 is 5.56. The molecule has 2 unspecified atom stereocenters. The van der Waals surface area contributed by atoms with Crippen LogP contribution < -0.4 is 5.32 Å². The van der Waals surface area contributed by atoms with Gasteiger partial charge in [0.15, 0.2) is 0 Å². The number of furan rings is 1. The number of hydrogen-bond donors (Lipinski definition) is 1. The fraction of sp³-hybridized carbons (Fsp3) is 0.692. The van der Waals surface area contributed by atoms with Crippen molar-refractivity contribution in [2.75, 3.05) is 19.6 Å². The van der Waals surface area contributed by atoms with Crippen molar-refractivity contribution in [1.29, 1.82) is 0 Å². The van der Waals surface area contributed by atoms with Crippen molar-refractivity contribution >= 4 is 0 Å². The van der Waals surface area contributed by atoms with Crippen LogP contribution in [0, 0.1) is 0 Å². The van der Waals surface area contributed by atoms with Gasteiger partial charge in [0.05, 0.1) is 6.26 Å². The molecule has 2 atom stereocenters. The van der Waals surface area contributed by atoms with E-state index >= 15 is 0 Å². The van der Waals surface area contributed by atoms with Gasteiger partial charge in [0.25, 0.3) is 0 Å². The van der Waals surface area contributed by atoms with Crippen LogP contribution >= 0.6 is 0 Å². The van der Waals surface area contributed by atoms with Crippen molar-refractivity contribution in [2.45, 2.75) is 38.3 Å². The van der Waals surface area contributed by atoms with Gasteiger partial charge in [0.2, 0.25) is 0 Å². The number of fused-ring (bicyclic) bond motifs is 1. The lowest BCUT2D eigenvalue weighted by atomic mass is 9.91. The molecule has 3 nitrogen and oxygen atoms in total. The first-order valence-electron chi connectivity index (χ1n) is 6.38. The number of aryl methyl sites for hydroxylation is 1. The van der Waals surface area contributed by atoms with E-state index in [1.165, 1.54) is 30.7 Å². The lowest BCUT2D eigenvalue weighted by Gasteiger charge is -2.39. The normalized spacial score (nSPS) is 31.3. The van der Waals surface area contributed by atoms with Crippen LogP contribution in [0.2, 0.25) is 0 Å². The molecule has 3 rings (SSSR count). The Morgan fingerprint density at radius 3 is 3.31 bits per heavy atom. The van der Waals surface area contributed by atoms with Crippen LogP contribution in [-0.4, -0.2) is 30.6 Å². The second-order valence-electron chi connectivity index (χ2n) is 5.06. The van der Waals surface area contributed by atoms with Crippen molar-refractivity contribution in [3.63, 3.8) is 0 Å². The van der Waals surface area contributed by atoms with E-state index in [9.17, 15) is 0 Å². The average Bonchev–Trinajstić information content (AvgIpc) is 2.76. The summed E-state index contributed by atoms with van der Waals surface area (Å²) in [5.41, 5.74) is 1.44. The molecule has 0 bridgehead atoms. The fourth-order valence-corrected chi connectivity index (χ4v) is 3.09. The summed E-state index contributed by atoms with van der Waals surface area (Å²) in [4.78, 5) is 2.62. The molecule has 0 radical (unpaired) electrons. The molecule has 1 saturated heterocycles. The molecule has 0 spiro atoms. The van der Waals surface area contributed by atoms with Crippen LogP contribution in [0.5, 0.6) is 0 Å². The van der Waals surface area contributed by atoms with Crippen molar-refractivity contribution in [2.24, 2.45) is 0 Å². The van der Waals surface area contributed by atoms with Gasteiger partial charge < -0.3 is 9.73 Å². The Balaban J connectivity index is 1.81. The monoisotopic (exact) mass is 220 g/mol. The highest BCUT2D eigenvalue weighted by molar-refractivity contribution is 5.24. The zero-order chi connectivity index (χ0) is 11.0. The number of nitrogens with one attached hydrogen (secondary N) is 1. The maximum absolute atomic E-state index is 5.56. The van der Waals surface area contributed by atoms with E-state index < -0.39 is 0 Å². The van der Waals surface area contributed by atoms with E-state index in [0.29, 0.717) is 12.1 Å². The van der Waals surface area contributed by atoms with Crippen molar-refractivity contribution < 1.29 is 4.42 Å². The van der Waals surface area contributed by atoms with Gasteiger partial charge in [-0.05, 0) is 25.8 Å². The second kappa shape index (κ2) is 4.22. The average molecular weight is 220 g/mol.